The van der Waals surface area contributed by atoms with Crippen molar-refractivity contribution >= 4 is 29.9 Å². The van der Waals surface area contributed by atoms with E-state index >= 15 is 0 Å². The molecule has 0 bridgehead atoms. The molecule has 0 aromatic heterocycles. The van der Waals surface area contributed by atoms with Crippen LogP contribution in [0.25, 0.3) is 0 Å². The van der Waals surface area contributed by atoms with Gasteiger partial charge in [-0.3, -0.25) is 4.99 Å². The van der Waals surface area contributed by atoms with Crippen LogP contribution in [-0.2, 0) is 0 Å². The third kappa shape index (κ3) is 10.4. The molecule has 0 amide bonds. The topological polar surface area (TPSA) is 58.1 Å². The Balaban J connectivity index is 0.00000576. The van der Waals surface area contributed by atoms with E-state index in [1.165, 1.54) is 0 Å². The van der Waals surface area contributed by atoms with Crippen LogP contribution in [0.3, 0.4) is 0 Å². The number of hydrogen-bond acceptors (Lipinski definition) is 4. The summed E-state index contributed by atoms with van der Waals surface area (Å²) in [4.78, 5) is 6.86. The molecule has 1 rings (SSSR count). The molecule has 0 spiro atoms. The molecule has 0 heterocycles. The highest BCUT2D eigenvalue weighted by Gasteiger charge is 2.02. The van der Waals surface area contributed by atoms with Crippen molar-refractivity contribution in [2.75, 3.05) is 46.9 Å². The molecule has 1 aromatic rings. The van der Waals surface area contributed by atoms with Crippen molar-refractivity contribution in [1.29, 1.82) is 0 Å². The van der Waals surface area contributed by atoms with Crippen LogP contribution in [0.2, 0.25) is 0 Å². The lowest BCUT2D eigenvalue weighted by Crippen LogP contribution is -2.40. The van der Waals surface area contributed by atoms with Gasteiger partial charge in [0, 0.05) is 19.1 Å². The maximum atomic E-state index is 5.70. The standard InChI is InChI=1S/C18H32N4O2.HI/c1-6-19-18(20-11-13-22(4)15(2)3)21-12-14-24-17-9-7-16(23-5)8-10-17;/h7-10,15H,6,11-14H2,1-5H3,(H2,19,20,21);1H. The molecule has 0 aliphatic heterocycles. The summed E-state index contributed by atoms with van der Waals surface area (Å²) in [5.74, 6) is 2.49. The molecule has 0 unspecified atom stereocenters. The lowest BCUT2D eigenvalue weighted by atomic mass is 10.3. The Morgan fingerprint density at radius 2 is 1.80 bits per heavy atom. The average molecular weight is 464 g/mol. The lowest BCUT2D eigenvalue weighted by molar-refractivity contribution is 0.282. The van der Waals surface area contributed by atoms with Crippen molar-refractivity contribution in [2.45, 2.75) is 26.8 Å². The van der Waals surface area contributed by atoms with Crippen LogP contribution >= 0.6 is 24.0 Å². The van der Waals surface area contributed by atoms with Crippen molar-refractivity contribution < 1.29 is 9.47 Å². The molecule has 7 heteroatoms. The fraction of sp³-hybridized carbons (Fsp3) is 0.611. The van der Waals surface area contributed by atoms with Crippen LogP contribution in [0.15, 0.2) is 29.3 Å². The Bertz CT molecular complexity index is 480. The largest absolute Gasteiger partial charge is 0.497 e. The fourth-order valence-corrected chi connectivity index (χ4v) is 1.93. The summed E-state index contributed by atoms with van der Waals surface area (Å²) in [5.41, 5.74) is 0. The van der Waals surface area contributed by atoms with E-state index in [0.29, 0.717) is 19.2 Å². The Morgan fingerprint density at radius 1 is 1.16 bits per heavy atom. The van der Waals surface area contributed by atoms with Crippen LogP contribution in [0.1, 0.15) is 20.8 Å². The van der Waals surface area contributed by atoms with Gasteiger partial charge in [0.1, 0.15) is 18.1 Å². The molecular weight excluding hydrogens is 431 g/mol. The van der Waals surface area contributed by atoms with E-state index in [0.717, 1.165) is 37.1 Å². The van der Waals surface area contributed by atoms with Crippen LogP contribution in [0, 0.1) is 0 Å². The second-order valence-electron chi connectivity index (χ2n) is 5.79. The van der Waals surface area contributed by atoms with Gasteiger partial charge in [-0.15, -0.1) is 24.0 Å². The number of methoxy groups -OCH3 is 1. The van der Waals surface area contributed by atoms with Crippen molar-refractivity contribution in [3.05, 3.63) is 24.3 Å². The number of hydrogen-bond donors (Lipinski definition) is 2. The van der Waals surface area contributed by atoms with Crippen LogP contribution in [-0.4, -0.2) is 63.8 Å². The third-order valence-electron chi connectivity index (χ3n) is 3.67. The molecule has 0 radical (unpaired) electrons. The van der Waals surface area contributed by atoms with Gasteiger partial charge in [-0.25, -0.2) is 0 Å². The number of benzene rings is 1. The monoisotopic (exact) mass is 464 g/mol. The first-order valence-corrected chi connectivity index (χ1v) is 8.56. The van der Waals surface area contributed by atoms with Crippen LogP contribution in [0.5, 0.6) is 11.5 Å². The summed E-state index contributed by atoms with van der Waals surface area (Å²) in [6, 6.07) is 8.12. The quantitative estimate of drug-likeness (QED) is 0.241. The molecule has 0 atom stereocenters. The normalized spacial score (nSPS) is 11.2. The van der Waals surface area contributed by atoms with E-state index in [1.54, 1.807) is 7.11 Å². The van der Waals surface area contributed by atoms with Gasteiger partial charge in [0.2, 0.25) is 0 Å². The molecule has 0 saturated heterocycles. The smallest absolute Gasteiger partial charge is 0.191 e. The van der Waals surface area contributed by atoms with Crippen molar-refractivity contribution in [2.24, 2.45) is 4.99 Å². The fourth-order valence-electron chi connectivity index (χ4n) is 1.93. The Labute approximate surface area is 169 Å². The molecular formula is C18H33IN4O2. The van der Waals surface area contributed by atoms with Crippen molar-refractivity contribution in [3.8, 4) is 11.5 Å². The molecule has 0 fully saturated rings. The molecule has 2 N–H and O–H groups in total. The summed E-state index contributed by atoms with van der Waals surface area (Å²) in [6.45, 7) is 10.2. The molecule has 0 aliphatic rings. The van der Waals surface area contributed by atoms with Gasteiger partial charge >= 0.3 is 0 Å². The minimum absolute atomic E-state index is 0. The van der Waals surface area contributed by atoms with Gasteiger partial charge < -0.3 is 25.0 Å². The van der Waals surface area contributed by atoms with Crippen LogP contribution < -0.4 is 20.1 Å². The van der Waals surface area contributed by atoms with E-state index in [9.17, 15) is 0 Å². The molecule has 1 aromatic carbocycles. The predicted molar refractivity (Wildman–Crippen MR) is 116 cm³/mol. The Kier molecular flexibility index (Phi) is 13.3. The van der Waals surface area contributed by atoms with E-state index in [4.69, 9.17) is 9.47 Å². The van der Waals surface area contributed by atoms with Gasteiger partial charge in [0.25, 0.3) is 0 Å². The van der Waals surface area contributed by atoms with Gasteiger partial charge in [-0.2, -0.15) is 0 Å². The number of likely N-dealkylation sites (N-methyl/N-ethyl adjacent to an activating group) is 1. The lowest BCUT2D eigenvalue weighted by Gasteiger charge is -2.20. The Morgan fingerprint density at radius 3 is 2.36 bits per heavy atom. The SMILES string of the molecule is CCNC(=NCCN(C)C(C)C)NCCOc1ccc(OC)cc1.I. The summed E-state index contributed by atoms with van der Waals surface area (Å²) in [5, 5.41) is 6.53. The summed E-state index contributed by atoms with van der Waals surface area (Å²) in [6.07, 6.45) is 0. The predicted octanol–water partition coefficient (Wildman–Crippen LogP) is 2.59. The highest BCUT2D eigenvalue weighted by atomic mass is 127. The van der Waals surface area contributed by atoms with Gasteiger partial charge in [0.15, 0.2) is 5.96 Å². The molecule has 0 aliphatic carbocycles. The maximum absolute atomic E-state index is 5.70. The molecule has 144 valence electrons. The van der Waals surface area contributed by atoms with Crippen molar-refractivity contribution in [3.63, 3.8) is 0 Å². The Hall–Kier alpha value is -1.22. The zero-order valence-corrected chi connectivity index (χ0v) is 18.4. The second-order valence-corrected chi connectivity index (χ2v) is 5.79. The summed E-state index contributed by atoms with van der Waals surface area (Å²) >= 11 is 0. The first kappa shape index (κ1) is 23.8. The number of nitrogens with one attached hydrogen (secondary N) is 2. The molecule has 6 nitrogen and oxygen atoms in total. The van der Waals surface area contributed by atoms with E-state index < -0.39 is 0 Å². The highest BCUT2D eigenvalue weighted by Crippen LogP contribution is 2.16. The minimum Gasteiger partial charge on any atom is -0.497 e. The highest BCUT2D eigenvalue weighted by molar-refractivity contribution is 14.0. The van der Waals surface area contributed by atoms with Gasteiger partial charge in [-0.05, 0) is 52.1 Å². The molecule has 25 heavy (non-hydrogen) atoms. The number of nitrogens with zero attached hydrogens (tertiary/aromatic N) is 2. The van der Waals surface area contributed by atoms with Gasteiger partial charge in [0.05, 0.1) is 20.2 Å². The second kappa shape index (κ2) is 14.0. The number of rotatable bonds is 10. The van der Waals surface area contributed by atoms with Gasteiger partial charge in [-0.1, -0.05) is 0 Å². The number of guanidine groups is 1. The zero-order chi connectivity index (χ0) is 17.8. The first-order chi connectivity index (χ1) is 11.6. The third-order valence-corrected chi connectivity index (χ3v) is 3.67. The zero-order valence-electron chi connectivity index (χ0n) is 16.0. The van der Waals surface area contributed by atoms with Crippen LogP contribution in [0.4, 0.5) is 0 Å². The van der Waals surface area contributed by atoms with E-state index in [2.05, 4.69) is 48.3 Å². The maximum Gasteiger partial charge on any atom is 0.191 e. The van der Waals surface area contributed by atoms with E-state index in [-0.39, 0.29) is 24.0 Å². The molecule has 0 saturated carbocycles. The number of aliphatic imine (C=N–C) groups is 1. The average Bonchev–Trinajstić information content (AvgIpc) is 2.58. The number of halogens is 1. The summed E-state index contributed by atoms with van der Waals surface area (Å²) < 4.78 is 10.8. The first-order valence-electron chi connectivity index (χ1n) is 8.56. The number of ether oxygens (including phenoxy) is 2. The van der Waals surface area contributed by atoms with E-state index in [1.807, 2.05) is 24.3 Å². The summed E-state index contributed by atoms with van der Waals surface area (Å²) in [7, 11) is 3.77. The minimum atomic E-state index is 0. The van der Waals surface area contributed by atoms with Crippen molar-refractivity contribution in [1.82, 2.24) is 15.5 Å².